The first kappa shape index (κ1) is 16.9. The van der Waals surface area contributed by atoms with Crippen molar-refractivity contribution in [1.29, 1.82) is 0 Å². The Morgan fingerprint density at radius 3 is 2.52 bits per heavy atom. The lowest BCUT2D eigenvalue weighted by Crippen LogP contribution is -2.46. The standard InChI is InChI=1S/C18H20N2O5/c1-11-13(7-10-25-11)18(24)20-8-5-12(6-9-20)19-17(23)14-3-2-4-15(21)16(14)22/h2-4,7,10,12,21-22H,5-6,8-9H2,1H3,(H,19,23). The molecule has 1 aromatic carbocycles. The van der Waals surface area contributed by atoms with Gasteiger partial charge in [0.25, 0.3) is 11.8 Å². The molecule has 1 aromatic heterocycles. The van der Waals surface area contributed by atoms with E-state index in [2.05, 4.69) is 5.32 Å². The molecule has 2 amide bonds. The van der Waals surface area contributed by atoms with Gasteiger partial charge in [-0.25, -0.2) is 0 Å². The Balaban J connectivity index is 1.58. The third-order valence-corrected chi connectivity index (χ3v) is 4.47. The number of furan rings is 1. The minimum absolute atomic E-state index is 0.0347. The molecule has 0 bridgehead atoms. The normalized spacial score (nSPS) is 15.2. The van der Waals surface area contributed by atoms with E-state index in [0.29, 0.717) is 37.3 Å². The summed E-state index contributed by atoms with van der Waals surface area (Å²) < 4.78 is 5.17. The third kappa shape index (κ3) is 3.45. The number of phenols is 2. The topological polar surface area (TPSA) is 103 Å². The molecule has 2 heterocycles. The molecule has 0 unspecified atom stereocenters. The van der Waals surface area contributed by atoms with Gasteiger partial charge in [-0.2, -0.15) is 0 Å². The van der Waals surface area contributed by atoms with Crippen molar-refractivity contribution < 1.29 is 24.2 Å². The summed E-state index contributed by atoms with van der Waals surface area (Å²) in [6.45, 7) is 2.81. The van der Waals surface area contributed by atoms with Crippen LogP contribution in [0.15, 0.2) is 34.9 Å². The zero-order valence-electron chi connectivity index (χ0n) is 13.9. The fourth-order valence-corrected chi connectivity index (χ4v) is 2.98. The number of rotatable bonds is 3. The molecule has 0 radical (unpaired) electrons. The van der Waals surface area contributed by atoms with E-state index in [1.807, 2.05) is 0 Å². The number of aryl methyl sites for hydroxylation is 1. The SMILES string of the molecule is Cc1occc1C(=O)N1CCC(NC(=O)c2cccc(O)c2O)CC1. The molecule has 25 heavy (non-hydrogen) atoms. The zero-order chi connectivity index (χ0) is 18.0. The smallest absolute Gasteiger partial charge is 0.257 e. The van der Waals surface area contributed by atoms with Gasteiger partial charge in [0.2, 0.25) is 0 Å². The Kier molecular flexibility index (Phi) is 4.65. The van der Waals surface area contributed by atoms with Gasteiger partial charge in [-0.05, 0) is 38.0 Å². The van der Waals surface area contributed by atoms with Gasteiger partial charge in [0, 0.05) is 19.1 Å². The average molecular weight is 344 g/mol. The summed E-state index contributed by atoms with van der Waals surface area (Å²) in [5, 5.41) is 22.1. The van der Waals surface area contributed by atoms with Crippen LogP contribution in [0.4, 0.5) is 0 Å². The predicted octanol–water partition coefficient (Wildman–Crippen LogP) is 2.03. The molecule has 3 N–H and O–H groups in total. The first-order valence-electron chi connectivity index (χ1n) is 8.12. The minimum Gasteiger partial charge on any atom is -0.504 e. The molecule has 7 nitrogen and oxygen atoms in total. The van der Waals surface area contributed by atoms with Crippen LogP contribution in [-0.2, 0) is 0 Å². The third-order valence-electron chi connectivity index (χ3n) is 4.47. The maximum absolute atomic E-state index is 12.4. The maximum atomic E-state index is 12.4. The number of likely N-dealkylation sites (tertiary alicyclic amines) is 1. The van der Waals surface area contributed by atoms with E-state index in [1.54, 1.807) is 17.9 Å². The number of aromatic hydroxyl groups is 2. The van der Waals surface area contributed by atoms with E-state index in [0.717, 1.165) is 0 Å². The number of phenolic OH excluding ortho intramolecular Hbond substituents is 2. The Morgan fingerprint density at radius 1 is 1.16 bits per heavy atom. The van der Waals surface area contributed by atoms with E-state index >= 15 is 0 Å². The molecule has 7 heteroatoms. The van der Waals surface area contributed by atoms with Crippen LogP contribution in [0.1, 0.15) is 39.3 Å². The van der Waals surface area contributed by atoms with Crippen LogP contribution in [0.2, 0.25) is 0 Å². The van der Waals surface area contributed by atoms with Gasteiger partial charge in [0.1, 0.15) is 5.76 Å². The number of amides is 2. The minimum atomic E-state index is -0.441. The van der Waals surface area contributed by atoms with Crippen molar-refractivity contribution in [3.05, 3.63) is 47.4 Å². The molecule has 1 fully saturated rings. The number of hydrogen-bond donors (Lipinski definition) is 3. The molecule has 0 spiro atoms. The number of nitrogens with zero attached hydrogens (tertiary/aromatic N) is 1. The lowest BCUT2D eigenvalue weighted by molar-refractivity contribution is 0.0696. The second kappa shape index (κ2) is 6.88. The van der Waals surface area contributed by atoms with Crippen LogP contribution in [0, 0.1) is 6.92 Å². The monoisotopic (exact) mass is 344 g/mol. The van der Waals surface area contributed by atoms with E-state index in [1.165, 1.54) is 24.5 Å². The number of para-hydroxylation sites is 1. The quantitative estimate of drug-likeness (QED) is 0.739. The molecule has 1 aliphatic heterocycles. The van der Waals surface area contributed by atoms with Gasteiger partial charge < -0.3 is 24.8 Å². The number of benzene rings is 1. The van der Waals surface area contributed by atoms with Crippen molar-refractivity contribution >= 4 is 11.8 Å². The van der Waals surface area contributed by atoms with Gasteiger partial charge in [-0.3, -0.25) is 9.59 Å². The zero-order valence-corrected chi connectivity index (χ0v) is 13.9. The Bertz CT molecular complexity index is 791. The summed E-state index contributed by atoms with van der Waals surface area (Å²) in [5.74, 6) is -0.670. The van der Waals surface area contributed by atoms with Gasteiger partial charge in [0.15, 0.2) is 11.5 Å². The number of piperidine rings is 1. The Morgan fingerprint density at radius 2 is 1.88 bits per heavy atom. The summed E-state index contributed by atoms with van der Waals surface area (Å²) >= 11 is 0. The number of nitrogens with one attached hydrogen (secondary N) is 1. The van der Waals surface area contributed by atoms with Crippen molar-refractivity contribution in [2.45, 2.75) is 25.8 Å². The summed E-state index contributed by atoms with van der Waals surface area (Å²) in [5.41, 5.74) is 0.597. The highest BCUT2D eigenvalue weighted by molar-refractivity contribution is 5.98. The summed E-state index contributed by atoms with van der Waals surface area (Å²) in [6.07, 6.45) is 2.74. The molecule has 1 saturated heterocycles. The van der Waals surface area contributed by atoms with Gasteiger partial charge >= 0.3 is 0 Å². The number of carbonyl (C=O) groups is 2. The fraction of sp³-hybridized carbons (Fsp3) is 0.333. The molecule has 132 valence electrons. The summed E-state index contributed by atoms with van der Waals surface area (Å²) in [4.78, 5) is 26.4. The van der Waals surface area contributed by atoms with Gasteiger partial charge in [-0.15, -0.1) is 0 Å². The number of carbonyl (C=O) groups excluding carboxylic acids is 2. The van der Waals surface area contributed by atoms with E-state index < -0.39 is 11.7 Å². The van der Waals surface area contributed by atoms with E-state index in [9.17, 15) is 19.8 Å². The lowest BCUT2D eigenvalue weighted by atomic mass is 10.0. The van der Waals surface area contributed by atoms with Crippen LogP contribution in [-0.4, -0.2) is 46.1 Å². The molecule has 0 aliphatic carbocycles. The average Bonchev–Trinajstić information content (AvgIpc) is 3.03. The largest absolute Gasteiger partial charge is 0.504 e. The lowest BCUT2D eigenvalue weighted by Gasteiger charge is -2.32. The predicted molar refractivity (Wildman–Crippen MR) is 89.6 cm³/mol. The van der Waals surface area contributed by atoms with E-state index in [-0.39, 0.29) is 23.3 Å². The van der Waals surface area contributed by atoms with Crippen LogP contribution >= 0.6 is 0 Å². The van der Waals surface area contributed by atoms with Crippen molar-refractivity contribution in [2.75, 3.05) is 13.1 Å². The highest BCUT2D eigenvalue weighted by Crippen LogP contribution is 2.28. The molecule has 0 saturated carbocycles. The van der Waals surface area contributed by atoms with Crippen LogP contribution in [0.5, 0.6) is 11.5 Å². The van der Waals surface area contributed by atoms with Crippen molar-refractivity contribution in [3.63, 3.8) is 0 Å². The maximum Gasteiger partial charge on any atom is 0.257 e. The molecule has 0 atom stereocenters. The Hall–Kier alpha value is -2.96. The van der Waals surface area contributed by atoms with Gasteiger partial charge in [-0.1, -0.05) is 6.07 Å². The molecule has 1 aliphatic rings. The van der Waals surface area contributed by atoms with Crippen LogP contribution in [0.3, 0.4) is 0 Å². The van der Waals surface area contributed by atoms with Crippen LogP contribution < -0.4 is 5.32 Å². The summed E-state index contributed by atoms with van der Waals surface area (Å²) in [6, 6.07) is 5.83. The summed E-state index contributed by atoms with van der Waals surface area (Å²) in [7, 11) is 0. The second-order valence-electron chi connectivity index (χ2n) is 6.10. The first-order chi connectivity index (χ1) is 12.0. The van der Waals surface area contributed by atoms with Crippen molar-refractivity contribution in [3.8, 4) is 11.5 Å². The molecule has 3 rings (SSSR count). The van der Waals surface area contributed by atoms with Gasteiger partial charge in [0.05, 0.1) is 17.4 Å². The van der Waals surface area contributed by atoms with E-state index in [4.69, 9.17) is 4.42 Å². The highest BCUT2D eigenvalue weighted by Gasteiger charge is 2.27. The molecular weight excluding hydrogens is 324 g/mol. The fourth-order valence-electron chi connectivity index (χ4n) is 2.98. The Labute approximate surface area is 144 Å². The van der Waals surface area contributed by atoms with Crippen molar-refractivity contribution in [2.24, 2.45) is 0 Å². The van der Waals surface area contributed by atoms with Crippen molar-refractivity contribution in [1.82, 2.24) is 10.2 Å². The molecule has 2 aromatic rings. The molecular formula is C18H20N2O5. The highest BCUT2D eigenvalue weighted by atomic mass is 16.3. The first-order valence-corrected chi connectivity index (χ1v) is 8.12. The van der Waals surface area contributed by atoms with Crippen LogP contribution in [0.25, 0.3) is 0 Å². The number of hydrogen-bond acceptors (Lipinski definition) is 5. The second-order valence-corrected chi connectivity index (χ2v) is 6.10.